The molecule has 0 bridgehead atoms. The van der Waals surface area contributed by atoms with Gasteiger partial charge in [0.15, 0.2) is 0 Å². The highest BCUT2D eigenvalue weighted by molar-refractivity contribution is 6.30. The van der Waals surface area contributed by atoms with E-state index in [0.717, 1.165) is 47.8 Å². The quantitative estimate of drug-likeness (QED) is 0.769. The van der Waals surface area contributed by atoms with Gasteiger partial charge in [-0.3, -0.25) is 5.10 Å². The Morgan fingerprint density at radius 3 is 2.67 bits per heavy atom. The van der Waals surface area contributed by atoms with E-state index < -0.39 is 0 Å². The van der Waals surface area contributed by atoms with Crippen LogP contribution in [0.15, 0.2) is 30.5 Å². The number of aromatic nitrogens is 2. The van der Waals surface area contributed by atoms with E-state index >= 15 is 0 Å². The SMILES string of the molecule is OCC1(CNCc2cn[nH]c2-c2ccc(Cl)cc2)CCC1. The number of aliphatic hydroxyl groups excluding tert-OH is 1. The molecule has 1 heterocycles. The molecule has 0 spiro atoms. The molecule has 1 aromatic heterocycles. The molecular weight excluding hydrogens is 286 g/mol. The molecule has 21 heavy (non-hydrogen) atoms. The van der Waals surface area contributed by atoms with Gasteiger partial charge in [0.05, 0.1) is 11.9 Å². The summed E-state index contributed by atoms with van der Waals surface area (Å²) in [6.07, 6.45) is 5.31. The van der Waals surface area contributed by atoms with Crippen LogP contribution in [0.5, 0.6) is 0 Å². The average molecular weight is 306 g/mol. The maximum atomic E-state index is 9.48. The fraction of sp³-hybridized carbons (Fsp3) is 0.438. The highest BCUT2D eigenvalue weighted by Crippen LogP contribution is 2.39. The Hall–Kier alpha value is -1.36. The second kappa shape index (κ2) is 6.18. The Morgan fingerprint density at radius 2 is 2.05 bits per heavy atom. The fourth-order valence-electron chi connectivity index (χ4n) is 2.84. The summed E-state index contributed by atoms with van der Waals surface area (Å²) in [6.45, 7) is 1.88. The van der Waals surface area contributed by atoms with Gasteiger partial charge in [-0.1, -0.05) is 30.2 Å². The first-order chi connectivity index (χ1) is 10.2. The predicted molar refractivity (Wildman–Crippen MR) is 84.1 cm³/mol. The molecule has 0 atom stereocenters. The average Bonchev–Trinajstić information content (AvgIpc) is 2.91. The molecule has 4 nitrogen and oxygen atoms in total. The van der Waals surface area contributed by atoms with Gasteiger partial charge in [0, 0.05) is 35.7 Å². The molecule has 5 heteroatoms. The monoisotopic (exact) mass is 305 g/mol. The minimum absolute atomic E-state index is 0.101. The minimum atomic E-state index is 0.101. The Morgan fingerprint density at radius 1 is 1.29 bits per heavy atom. The zero-order chi connectivity index (χ0) is 14.7. The molecule has 1 aliphatic carbocycles. The maximum absolute atomic E-state index is 9.48. The lowest BCUT2D eigenvalue weighted by atomic mass is 9.69. The van der Waals surface area contributed by atoms with E-state index in [1.165, 1.54) is 6.42 Å². The number of benzene rings is 1. The van der Waals surface area contributed by atoms with Crippen LogP contribution in [0.3, 0.4) is 0 Å². The molecule has 1 fully saturated rings. The maximum Gasteiger partial charge on any atom is 0.0695 e. The van der Waals surface area contributed by atoms with E-state index in [0.29, 0.717) is 0 Å². The predicted octanol–water partition coefficient (Wildman–Crippen LogP) is 2.98. The number of hydrogen-bond donors (Lipinski definition) is 3. The first kappa shape index (κ1) is 14.6. The van der Waals surface area contributed by atoms with Crippen molar-refractivity contribution in [1.29, 1.82) is 0 Å². The Kier molecular flexibility index (Phi) is 4.29. The number of H-pyrrole nitrogens is 1. The highest BCUT2D eigenvalue weighted by atomic mass is 35.5. The Balaban J connectivity index is 1.64. The molecule has 1 aliphatic rings. The summed E-state index contributed by atoms with van der Waals surface area (Å²) in [4.78, 5) is 0. The molecule has 3 N–H and O–H groups in total. The second-order valence-electron chi connectivity index (χ2n) is 5.89. The molecule has 0 aliphatic heterocycles. The number of nitrogens with one attached hydrogen (secondary N) is 2. The third-order valence-electron chi connectivity index (χ3n) is 4.42. The number of aliphatic hydroxyl groups is 1. The summed E-state index contributed by atoms with van der Waals surface area (Å²) >= 11 is 5.92. The molecular formula is C16H20ClN3O. The summed E-state index contributed by atoms with van der Waals surface area (Å²) in [7, 11) is 0. The lowest BCUT2D eigenvalue weighted by Gasteiger charge is -2.40. The smallest absolute Gasteiger partial charge is 0.0695 e. The summed E-state index contributed by atoms with van der Waals surface area (Å²) in [5.74, 6) is 0. The number of rotatable bonds is 6. The normalized spacial score (nSPS) is 16.7. The summed E-state index contributed by atoms with van der Waals surface area (Å²) in [6, 6.07) is 7.73. The van der Waals surface area contributed by atoms with Crippen LogP contribution in [0, 0.1) is 5.41 Å². The summed E-state index contributed by atoms with van der Waals surface area (Å²) < 4.78 is 0. The zero-order valence-electron chi connectivity index (χ0n) is 11.9. The Bertz CT molecular complexity index is 584. The molecule has 1 aromatic carbocycles. The van der Waals surface area contributed by atoms with Gasteiger partial charge in [0.25, 0.3) is 0 Å². The van der Waals surface area contributed by atoms with Crippen molar-refractivity contribution in [3.63, 3.8) is 0 Å². The van der Waals surface area contributed by atoms with Crippen molar-refractivity contribution < 1.29 is 5.11 Å². The highest BCUT2D eigenvalue weighted by Gasteiger charge is 2.35. The standard InChI is InChI=1S/C16H20ClN3O/c17-14-4-2-12(3-5-14)15-13(9-19-20-15)8-18-10-16(11-21)6-1-7-16/h2-5,9,18,21H,1,6-8,10-11H2,(H,19,20). The van der Waals surface area contributed by atoms with Gasteiger partial charge in [-0.15, -0.1) is 0 Å². The molecule has 2 aromatic rings. The largest absolute Gasteiger partial charge is 0.396 e. The van der Waals surface area contributed by atoms with Crippen LogP contribution in [0.2, 0.25) is 5.02 Å². The van der Waals surface area contributed by atoms with E-state index in [2.05, 4.69) is 15.5 Å². The van der Waals surface area contributed by atoms with Crippen molar-refractivity contribution in [2.24, 2.45) is 5.41 Å². The summed E-state index contributed by atoms with van der Waals surface area (Å²) in [5, 5.41) is 20.9. The van der Waals surface area contributed by atoms with Gasteiger partial charge >= 0.3 is 0 Å². The van der Waals surface area contributed by atoms with E-state index in [9.17, 15) is 5.11 Å². The van der Waals surface area contributed by atoms with Crippen LogP contribution in [0.25, 0.3) is 11.3 Å². The van der Waals surface area contributed by atoms with Crippen LogP contribution in [0.4, 0.5) is 0 Å². The number of aromatic amines is 1. The van der Waals surface area contributed by atoms with Gasteiger partial charge in [0.1, 0.15) is 0 Å². The van der Waals surface area contributed by atoms with Crippen LogP contribution >= 0.6 is 11.6 Å². The van der Waals surface area contributed by atoms with Gasteiger partial charge in [-0.25, -0.2) is 0 Å². The van der Waals surface area contributed by atoms with Gasteiger partial charge in [-0.2, -0.15) is 5.10 Å². The van der Waals surface area contributed by atoms with Crippen molar-refractivity contribution in [3.8, 4) is 11.3 Å². The van der Waals surface area contributed by atoms with Crippen molar-refractivity contribution in [1.82, 2.24) is 15.5 Å². The molecule has 0 radical (unpaired) electrons. The molecule has 0 saturated heterocycles. The third kappa shape index (κ3) is 3.12. The zero-order valence-corrected chi connectivity index (χ0v) is 12.7. The first-order valence-corrected chi connectivity index (χ1v) is 7.70. The molecule has 0 amide bonds. The number of hydrogen-bond acceptors (Lipinski definition) is 3. The van der Waals surface area contributed by atoms with E-state index in [1.807, 2.05) is 30.5 Å². The topological polar surface area (TPSA) is 60.9 Å². The molecule has 0 unspecified atom stereocenters. The van der Waals surface area contributed by atoms with Crippen molar-refractivity contribution in [2.75, 3.05) is 13.2 Å². The third-order valence-corrected chi connectivity index (χ3v) is 4.67. The molecule has 112 valence electrons. The number of nitrogens with zero attached hydrogens (tertiary/aromatic N) is 1. The second-order valence-corrected chi connectivity index (χ2v) is 6.33. The lowest BCUT2D eigenvalue weighted by Crippen LogP contribution is -2.42. The van der Waals surface area contributed by atoms with Crippen LogP contribution in [0.1, 0.15) is 24.8 Å². The number of halogens is 1. The van der Waals surface area contributed by atoms with Crippen molar-refractivity contribution in [3.05, 3.63) is 41.0 Å². The van der Waals surface area contributed by atoms with Crippen molar-refractivity contribution in [2.45, 2.75) is 25.8 Å². The molecule has 1 saturated carbocycles. The van der Waals surface area contributed by atoms with E-state index in [-0.39, 0.29) is 12.0 Å². The van der Waals surface area contributed by atoms with E-state index in [1.54, 1.807) is 0 Å². The van der Waals surface area contributed by atoms with E-state index in [4.69, 9.17) is 11.6 Å². The van der Waals surface area contributed by atoms with Gasteiger partial charge in [-0.05, 0) is 30.5 Å². The van der Waals surface area contributed by atoms with Gasteiger partial charge < -0.3 is 10.4 Å². The molecule has 3 rings (SSSR count). The van der Waals surface area contributed by atoms with Gasteiger partial charge in [0.2, 0.25) is 0 Å². The minimum Gasteiger partial charge on any atom is -0.396 e. The van der Waals surface area contributed by atoms with Crippen LogP contribution in [-0.4, -0.2) is 28.5 Å². The fourth-order valence-corrected chi connectivity index (χ4v) is 2.97. The van der Waals surface area contributed by atoms with Crippen LogP contribution < -0.4 is 5.32 Å². The summed E-state index contributed by atoms with van der Waals surface area (Å²) in [5.41, 5.74) is 3.33. The lowest BCUT2D eigenvalue weighted by molar-refractivity contribution is 0.0445. The Labute approximate surface area is 129 Å². The van der Waals surface area contributed by atoms with Crippen LogP contribution in [-0.2, 0) is 6.54 Å². The first-order valence-electron chi connectivity index (χ1n) is 7.32. The van der Waals surface area contributed by atoms with Crippen molar-refractivity contribution >= 4 is 11.6 Å².